The first kappa shape index (κ1) is 18.3. The number of nitrogens with zero attached hydrogens (tertiary/aromatic N) is 2. The summed E-state index contributed by atoms with van der Waals surface area (Å²) in [6.45, 7) is 1.72. The van der Waals surface area contributed by atoms with Crippen LogP contribution in [0.2, 0.25) is 0 Å². The lowest BCUT2D eigenvalue weighted by molar-refractivity contribution is 0.0735. The lowest BCUT2D eigenvalue weighted by atomic mass is 9.98. The molecule has 0 bridgehead atoms. The summed E-state index contributed by atoms with van der Waals surface area (Å²) in [5.74, 6) is -2.41. The Labute approximate surface area is 159 Å². The Bertz CT molecular complexity index is 1110. The smallest absolute Gasteiger partial charge is 0.272 e. The standard InChI is InChI=1S/C20H20F2N4O2/c1-10(18-12-8-14(21)15(22)9-13(12)19(27)25-24-18)26(2)20(28)17-7-11-5-3-4-6-16(11)23-17/h7-10,23H,3-6H2,1-2H3,(H,25,27). The van der Waals surface area contributed by atoms with Crippen LogP contribution in [0.5, 0.6) is 0 Å². The average molecular weight is 386 g/mol. The highest BCUT2D eigenvalue weighted by molar-refractivity contribution is 5.93. The van der Waals surface area contributed by atoms with Crippen LogP contribution in [0.4, 0.5) is 8.78 Å². The van der Waals surface area contributed by atoms with Crippen molar-refractivity contribution in [3.63, 3.8) is 0 Å². The van der Waals surface area contributed by atoms with Gasteiger partial charge in [0, 0.05) is 18.1 Å². The number of nitrogens with one attached hydrogen (secondary N) is 2. The Morgan fingerprint density at radius 1 is 1.14 bits per heavy atom. The summed E-state index contributed by atoms with van der Waals surface area (Å²) >= 11 is 0. The molecule has 4 rings (SSSR count). The van der Waals surface area contributed by atoms with Crippen molar-refractivity contribution in [3.05, 3.63) is 62.8 Å². The van der Waals surface area contributed by atoms with E-state index >= 15 is 0 Å². The Hall–Kier alpha value is -3.03. The third kappa shape index (κ3) is 2.98. The van der Waals surface area contributed by atoms with E-state index in [4.69, 9.17) is 0 Å². The van der Waals surface area contributed by atoms with E-state index in [0.29, 0.717) is 11.4 Å². The number of fused-ring (bicyclic) bond motifs is 2. The van der Waals surface area contributed by atoms with E-state index in [1.165, 1.54) is 10.5 Å². The Morgan fingerprint density at radius 2 is 1.82 bits per heavy atom. The van der Waals surface area contributed by atoms with Gasteiger partial charge in [0.25, 0.3) is 11.5 Å². The quantitative estimate of drug-likeness (QED) is 0.725. The SMILES string of the molecule is CC(c1n[nH]c(=O)c2cc(F)c(F)cc12)N(C)C(=O)c1cc2c([nH]1)CCCC2. The van der Waals surface area contributed by atoms with Gasteiger partial charge in [-0.15, -0.1) is 0 Å². The van der Waals surface area contributed by atoms with E-state index in [1.54, 1.807) is 14.0 Å². The zero-order valence-electron chi connectivity index (χ0n) is 15.6. The maximum Gasteiger partial charge on any atom is 0.272 e. The number of benzene rings is 1. The summed E-state index contributed by atoms with van der Waals surface area (Å²) in [5.41, 5.74) is 2.44. The molecule has 6 nitrogen and oxygen atoms in total. The number of carbonyl (C=O) groups excluding carboxylic acids is 1. The normalized spacial score (nSPS) is 14.7. The molecule has 1 amide bonds. The second-order valence-electron chi connectivity index (χ2n) is 7.24. The first-order valence-corrected chi connectivity index (χ1v) is 9.22. The summed E-state index contributed by atoms with van der Waals surface area (Å²) in [6.07, 6.45) is 4.09. The van der Waals surface area contributed by atoms with E-state index in [-0.39, 0.29) is 16.7 Å². The van der Waals surface area contributed by atoms with Crippen molar-refractivity contribution in [1.82, 2.24) is 20.1 Å². The monoisotopic (exact) mass is 386 g/mol. The fourth-order valence-corrected chi connectivity index (χ4v) is 3.76. The second-order valence-corrected chi connectivity index (χ2v) is 7.24. The molecular weight excluding hydrogens is 366 g/mol. The van der Waals surface area contributed by atoms with Gasteiger partial charge in [-0.2, -0.15) is 5.10 Å². The fraction of sp³-hybridized carbons (Fsp3) is 0.350. The number of rotatable bonds is 3. The molecule has 146 valence electrons. The number of carbonyl (C=O) groups is 1. The van der Waals surface area contributed by atoms with Crippen LogP contribution in [0.15, 0.2) is 23.0 Å². The van der Waals surface area contributed by atoms with Crippen molar-refractivity contribution in [2.24, 2.45) is 0 Å². The van der Waals surface area contributed by atoms with Crippen LogP contribution >= 0.6 is 0 Å². The molecule has 0 saturated carbocycles. The molecule has 1 aromatic carbocycles. The molecule has 0 fully saturated rings. The zero-order chi connectivity index (χ0) is 20.0. The van der Waals surface area contributed by atoms with Gasteiger partial charge in [-0.1, -0.05) is 0 Å². The lowest BCUT2D eigenvalue weighted by Gasteiger charge is -2.24. The van der Waals surface area contributed by atoms with Crippen molar-refractivity contribution in [1.29, 1.82) is 0 Å². The minimum absolute atomic E-state index is 0.00747. The van der Waals surface area contributed by atoms with Crippen molar-refractivity contribution < 1.29 is 13.6 Å². The maximum absolute atomic E-state index is 13.8. The Balaban J connectivity index is 1.70. The molecule has 0 radical (unpaired) electrons. The second kappa shape index (κ2) is 6.85. The van der Waals surface area contributed by atoms with Crippen LogP contribution in [0, 0.1) is 11.6 Å². The molecule has 28 heavy (non-hydrogen) atoms. The fourth-order valence-electron chi connectivity index (χ4n) is 3.76. The predicted octanol–water partition coefficient (Wildman–Crippen LogP) is 3.24. The molecule has 1 atom stereocenters. The van der Waals surface area contributed by atoms with Crippen LogP contribution in [0.3, 0.4) is 0 Å². The molecule has 0 saturated heterocycles. The molecule has 3 aromatic rings. The van der Waals surface area contributed by atoms with Crippen molar-refractivity contribution in [3.8, 4) is 0 Å². The summed E-state index contributed by atoms with van der Waals surface area (Å²) in [7, 11) is 1.62. The molecule has 1 unspecified atom stereocenters. The molecule has 0 aliphatic heterocycles. The molecule has 1 aliphatic carbocycles. The first-order valence-electron chi connectivity index (χ1n) is 9.22. The number of halogens is 2. The maximum atomic E-state index is 13.8. The van der Waals surface area contributed by atoms with E-state index in [0.717, 1.165) is 43.5 Å². The van der Waals surface area contributed by atoms with Crippen LogP contribution in [-0.4, -0.2) is 33.0 Å². The van der Waals surface area contributed by atoms with Gasteiger partial charge in [0.1, 0.15) is 5.69 Å². The average Bonchev–Trinajstić information content (AvgIpc) is 3.12. The van der Waals surface area contributed by atoms with Crippen molar-refractivity contribution in [2.45, 2.75) is 38.6 Å². The van der Waals surface area contributed by atoms with Gasteiger partial charge < -0.3 is 9.88 Å². The number of aromatic amines is 2. The van der Waals surface area contributed by atoms with Crippen LogP contribution in [0.1, 0.15) is 53.2 Å². The molecule has 0 spiro atoms. The first-order chi connectivity index (χ1) is 13.4. The Kier molecular flexibility index (Phi) is 4.49. The van der Waals surface area contributed by atoms with E-state index in [2.05, 4.69) is 15.2 Å². The van der Waals surface area contributed by atoms with E-state index in [9.17, 15) is 18.4 Å². The van der Waals surface area contributed by atoms with Crippen LogP contribution in [-0.2, 0) is 12.8 Å². The molecule has 2 aromatic heterocycles. The van der Waals surface area contributed by atoms with E-state index in [1.807, 2.05) is 6.07 Å². The number of hydrogen-bond acceptors (Lipinski definition) is 3. The predicted molar refractivity (Wildman–Crippen MR) is 100 cm³/mol. The number of amides is 1. The molecule has 2 N–H and O–H groups in total. The highest BCUT2D eigenvalue weighted by Crippen LogP contribution is 2.27. The van der Waals surface area contributed by atoms with Crippen LogP contribution < -0.4 is 5.56 Å². The third-order valence-corrected chi connectivity index (χ3v) is 5.50. The summed E-state index contributed by atoms with van der Waals surface area (Å²) < 4.78 is 27.3. The van der Waals surface area contributed by atoms with Gasteiger partial charge in [0.2, 0.25) is 0 Å². The molecule has 8 heteroatoms. The number of aromatic nitrogens is 3. The lowest BCUT2D eigenvalue weighted by Crippen LogP contribution is -2.31. The third-order valence-electron chi connectivity index (χ3n) is 5.50. The van der Waals surface area contributed by atoms with Gasteiger partial charge in [-0.25, -0.2) is 13.9 Å². The summed E-state index contributed by atoms with van der Waals surface area (Å²) in [6, 6.07) is 3.11. The van der Waals surface area contributed by atoms with Crippen molar-refractivity contribution >= 4 is 16.7 Å². The highest BCUT2D eigenvalue weighted by Gasteiger charge is 2.25. The largest absolute Gasteiger partial charge is 0.354 e. The van der Waals surface area contributed by atoms with Gasteiger partial charge in [-0.3, -0.25) is 9.59 Å². The van der Waals surface area contributed by atoms with Crippen molar-refractivity contribution in [2.75, 3.05) is 7.05 Å². The number of hydrogen-bond donors (Lipinski definition) is 2. The van der Waals surface area contributed by atoms with Gasteiger partial charge in [-0.05, 0) is 56.4 Å². The zero-order valence-corrected chi connectivity index (χ0v) is 15.6. The molecule has 1 aliphatic rings. The van der Waals surface area contributed by atoms with Gasteiger partial charge in [0.05, 0.1) is 17.1 Å². The molecule has 2 heterocycles. The van der Waals surface area contributed by atoms with Gasteiger partial charge >= 0.3 is 0 Å². The Morgan fingerprint density at radius 3 is 2.54 bits per heavy atom. The topological polar surface area (TPSA) is 81.8 Å². The number of H-pyrrole nitrogens is 2. The van der Waals surface area contributed by atoms with Gasteiger partial charge in [0.15, 0.2) is 11.6 Å². The van der Waals surface area contributed by atoms with E-state index < -0.39 is 23.2 Å². The summed E-state index contributed by atoms with van der Waals surface area (Å²) in [4.78, 5) is 29.6. The number of aryl methyl sites for hydroxylation is 2. The highest BCUT2D eigenvalue weighted by atomic mass is 19.2. The molecular formula is C20H20F2N4O2. The van der Waals surface area contributed by atoms with Crippen LogP contribution in [0.25, 0.3) is 10.8 Å². The minimum atomic E-state index is -1.11. The minimum Gasteiger partial charge on any atom is -0.354 e. The summed E-state index contributed by atoms with van der Waals surface area (Å²) in [5, 5.41) is 6.49.